The van der Waals surface area contributed by atoms with E-state index in [0.717, 1.165) is 10.4 Å². The lowest BCUT2D eigenvalue weighted by molar-refractivity contribution is -0.132. The molecule has 1 heterocycles. The van der Waals surface area contributed by atoms with Gasteiger partial charge in [-0.2, -0.15) is 0 Å². The van der Waals surface area contributed by atoms with Gasteiger partial charge in [0.15, 0.2) is 11.5 Å². The van der Waals surface area contributed by atoms with E-state index in [-0.39, 0.29) is 18.5 Å². The molecule has 216 valence electrons. The summed E-state index contributed by atoms with van der Waals surface area (Å²) in [6.07, 6.45) is 1.23. The molecule has 0 aliphatic heterocycles. The van der Waals surface area contributed by atoms with Gasteiger partial charge in [0.05, 0.1) is 33.6 Å². The highest BCUT2D eigenvalue weighted by molar-refractivity contribution is 7.09. The van der Waals surface area contributed by atoms with Crippen LogP contribution in [-0.4, -0.2) is 75.9 Å². The van der Waals surface area contributed by atoms with Gasteiger partial charge in [0.2, 0.25) is 5.91 Å². The number of amides is 3. The second-order valence-electron chi connectivity index (χ2n) is 8.94. The maximum Gasteiger partial charge on any atom is 0.322 e. The SMILES string of the molecule is CCOCCCN(CC(=O)N(CCc1ccc(OC)c(OC)c1)Cc1cccs1)C(=O)Nc1ccccc1OC. The van der Waals surface area contributed by atoms with E-state index in [9.17, 15) is 9.59 Å². The standard InChI is InChI=1S/C30H39N3O6S/c1-5-39-18-9-16-33(30(35)31-25-11-6-7-12-26(25)36-2)22-29(34)32(21-24-10-8-19-40-24)17-15-23-13-14-27(37-3)28(20-23)38-4/h6-8,10-14,19-20H,5,9,15-18,21-22H2,1-4H3,(H,31,35). The lowest BCUT2D eigenvalue weighted by Crippen LogP contribution is -2.45. The number of carbonyl (C=O) groups is 2. The molecule has 0 spiro atoms. The minimum atomic E-state index is -0.370. The van der Waals surface area contributed by atoms with E-state index < -0.39 is 0 Å². The zero-order chi connectivity index (χ0) is 28.7. The molecule has 0 aliphatic carbocycles. The van der Waals surface area contributed by atoms with Gasteiger partial charge in [0.1, 0.15) is 12.3 Å². The second-order valence-corrected chi connectivity index (χ2v) is 9.97. The Morgan fingerprint density at radius 1 is 0.875 bits per heavy atom. The molecule has 40 heavy (non-hydrogen) atoms. The summed E-state index contributed by atoms with van der Waals surface area (Å²) in [4.78, 5) is 31.5. The summed E-state index contributed by atoms with van der Waals surface area (Å²) < 4.78 is 21.6. The molecule has 0 radical (unpaired) electrons. The molecule has 2 aromatic carbocycles. The van der Waals surface area contributed by atoms with Gasteiger partial charge in [-0.1, -0.05) is 24.3 Å². The molecule has 0 atom stereocenters. The Bertz CT molecular complexity index is 1200. The lowest BCUT2D eigenvalue weighted by Gasteiger charge is -2.28. The number of thiophene rings is 1. The van der Waals surface area contributed by atoms with E-state index in [2.05, 4.69) is 5.32 Å². The fourth-order valence-corrected chi connectivity index (χ4v) is 4.86. The Kier molecular flexibility index (Phi) is 12.6. The van der Waals surface area contributed by atoms with Crippen LogP contribution in [0.3, 0.4) is 0 Å². The number of benzene rings is 2. The maximum absolute atomic E-state index is 13.7. The first-order chi connectivity index (χ1) is 19.5. The van der Waals surface area contributed by atoms with Crippen LogP contribution >= 0.6 is 11.3 Å². The summed E-state index contributed by atoms with van der Waals surface area (Å²) in [5.41, 5.74) is 1.56. The average molecular weight is 570 g/mol. The highest BCUT2D eigenvalue weighted by Crippen LogP contribution is 2.28. The van der Waals surface area contributed by atoms with Crippen molar-refractivity contribution in [2.75, 3.05) is 59.5 Å². The van der Waals surface area contributed by atoms with E-state index in [4.69, 9.17) is 18.9 Å². The van der Waals surface area contributed by atoms with E-state index >= 15 is 0 Å². The topological polar surface area (TPSA) is 89.6 Å². The lowest BCUT2D eigenvalue weighted by atomic mass is 10.1. The normalized spacial score (nSPS) is 10.6. The van der Waals surface area contributed by atoms with E-state index in [1.807, 2.05) is 54.8 Å². The molecular weight excluding hydrogens is 530 g/mol. The van der Waals surface area contributed by atoms with Crippen molar-refractivity contribution in [1.29, 1.82) is 0 Å². The molecule has 1 aromatic heterocycles. The van der Waals surface area contributed by atoms with Crippen LogP contribution in [-0.2, 0) is 22.5 Å². The van der Waals surface area contributed by atoms with E-state index in [1.165, 1.54) is 4.90 Å². The number of nitrogens with zero attached hydrogens (tertiary/aromatic N) is 2. The Hall–Kier alpha value is -3.76. The Morgan fingerprint density at radius 2 is 1.65 bits per heavy atom. The number of ether oxygens (including phenoxy) is 4. The fourth-order valence-electron chi connectivity index (χ4n) is 4.14. The molecule has 3 rings (SSSR count). The van der Waals surface area contributed by atoms with Crippen molar-refractivity contribution >= 4 is 29.0 Å². The second kappa shape index (κ2) is 16.4. The van der Waals surface area contributed by atoms with Crippen molar-refractivity contribution < 1.29 is 28.5 Å². The molecule has 0 bridgehead atoms. The monoisotopic (exact) mass is 569 g/mol. The summed E-state index contributed by atoms with van der Waals surface area (Å²) in [6.45, 7) is 4.27. The zero-order valence-electron chi connectivity index (χ0n) is 23.7. The number of carbonyl (C=O) groups excluding carboxylic acids is 2. The minimum absolute atomic E-state index is 0.0651. The summed E-state index contributed by atoms with van der Waals surface area (Å²) in [6, 6.07) is 16.6. The van der Waals surface area contributed by atoms with Crippen LogP contribution in [0.4, 0.5) is 10.5 Å². The van der Waals surface area contributed by atoms with Crippen LogP contribution < -0.4 is 19.5 Å². The molecule has 10 heteroatoms. The smallest absolute Gasteiger partial charge is 0.322 e. The summed E-state index contributed by atoms with van der Waals surface area (Å²) in [5, 5.41) is 4.89. The van der Waals surface area contributed by atoms with Crippen molar-refractivity contribution in [2.45, 2.75) is 26.3 Å². The van der Waals surface area contributed by atoms with Crippen LogP contribution in [0.15, 0.2) is 60.0 Å². The highest BCUT2D eigenvalue weighted by atomic mass is 32.1. The molecule has 0 saturated carbocycles. The van der Waals surface area contributed by atoms with Gasteiger partial charge in [-0.05, 0) is 61.0 Å². The molecular formula is C30H39N3O6S. The van der Waals surface area contributed by atoms with Gasteiger partial charge < -0.3 is 34.1 Å². The van der Waals surface area contributed by atoms with Gasteiger partial charge in [-0.3, -0.25) is 4.79 Å². The number of nitrogens with one attached hydrogen (secondary N) is 1. The number of methoxy groups -OCH3 is 3. The number of anilines is 1. The van der Waals surface area contributed by atoms with Crippen molar-refractivity contribution in [1.82, 2.24) is 9.80 Å². The quantitative estimate of drug-likeness (QED) is 0.235. The molecule has 0 unspecified atom stereocenters. The largest absolute Gasteiger partial charge is 0.495 e. The van der Waals surface area contributed by atoms with Gasteiger partial charge >= 0.3 is 6.03 Å². The summed E-state index contributed by atoms with van der Waals surface area (Å²) >= 11 is 1.60. The van der Waals surface area contributed by atoms with Crippen molar-refractivity contribution in [3.05, 3.63) is 70.4 Å². The Labute approximate surface area is 240 Å². The highest BCUT2D eigenvalue weighted by Gasteiger charge is 2.23. The fraction of sp³-hybridized carbons (Fsp3) is 0.400. The van der Waals surface area contributed by atoms with Crippen molar-refractivity contribution in [2.24, 2.45) is 0 Å². The third kappa shape index (κ3) is 9.17. The van der Waals surface area contributed by atoms with Gasteiger partial charge in [-0.15, -0.1) is 11.3 Å². The molecule has 0 aliphatic rings. The predicted molar refractivity (Wildman–Crippen MR) is 158 cm³/mol. The third-order valence-corrected chi connectivity index (χ3v) is 7.14. The molecule has 9 nitrogen and oxygen atoms in total. The van der Waals surface area contributed by atoms with Gasteiger partial charge in [0.25, 0.3) is 0 Å². The van der Waals surface area contributed by atoms with Crippen LogP contribution in [0.25, 0.3) is 0 Å². The molecule has 3 amide bonds. The Balaban J connectivity index is 1.75. The zero-order valence-corrected chi connectivity index (χ0v) is 24.5. The maximum atomic E-state index is 13.7. The summed E-state index contributed by atoms with van der Waals surface area (Å²) in [5.74, 6) is 1.71. The van der Waals surface area contributed by atoms with Gasteiger partial charge in [-0.25, -0.2) is 4.79 Å². The third-order valence-electron chi connectivity index (χ3n) is 6.28. The predicted octanol–water partition coefficient (Wildman–Crippen LogP) is 5.31. The molecule has 0 fully saturated rings. The Morgan fingerprint density at radius 3 is 2.35 bits per heavy atom. The van der Waals surface area contributed by atoms with Crippen LogP contribution in [0.2, 0.25) is 0 Å². The van der Waals surface area contributed by atoms with Crippen LogP contribution in [0.1, 0.15) is 23.8 Å². The van der Waals surface area contributed by atoms with E-state index in [1.54, 1.807) is 49.7 Å². The molecule has 1 N–H and O–H groups in total. The number of hydrogen-bond donors (Lipinski definition) is 1. The first kappa shape index (κ1) is 30.8. The number of hydrogen-bond acceptors (Lipinski definition) is 7. The average Bonchev–Trinajstić information content (AvgIpc) is 3.50. The first-order valence-corrected chi connectivity index (χ1v) is 14.1. The number of urea groups is 1. The number of rotatable bonds is 16. The molecule has 0 saturated heterocycles. The van der Waals surface area contributed by atoms with Crippen molar-refractivity contribution in [3.63, 3.8) is 0 Å². The van der Waals surface area contributed by atoms with Crippen molar-refractivity contribution in [3.8, 4) is 17.2 Å². The van der Waals surface area contributed by atoms with Crippen LogP contribution in [0.5, 0.6) is 17.2 Å². The van der Waals surface area contributed by atoms with Crippen LogP contribution in [0, 0.1) is 0 Å². The van der Waals surface area contributed by atoms with E-state index in [0.29, 0.717) is 68.6 Å². The van der Waals surface area contributed by atoms with Gasteiger partial charge in [0, 0.05) is 31.2 Å². The molecule has 3 aromatic rings. The first-order valence-electron chi connectivity index (χ1n) is 13.3. The number of para-hydroxylation sites is 2. The minimum Gasteiger partial charge on any atom is -0.495 e. The summed E-state index contributed by atoms with van der Waals surface area (Å²) in [7, 11) is 4.75.